The Morgan fingerprint density at radius 1 is 1.33 bits per heavy atom. The summed E-state index contributed by atoms with van der Waals surface area (Å²) in [6.45, 7) is 8.82. The van der Waals surface area contributed by atoms with E-state index in [0.717, 1.165) is 11.1 Å². The summed E-state index contributed by atoms with van der Waals surface area (Å²) in [7, 11) is 0. The third kappa shape index (κ3) is 3.86. The van der Waals surface area contributed by atoms with Crippen LogP contribution in [0.25, 0.3) is 6.08 Å². The molecule has 1 aromatic carbocycles. The monoisotopic (exact) mass is 205 g/mol. The average Bonchev–Trinajstić information content (AvgIpc) is 2.27. The first-order valence-corrected chi connectivity index (χ1v) is 5.13. The Bertz CT molecular complexity index is 314. The molecular weight excluding hydrogens is 186 g/mol. The SMILES string of the molecule is C=Cc1ccc(COC(C)(C)CN)cc1. The summed E-state index contributed by atoms with van der Waals surface area (Å²) >= 11 is 0. The van der Waals surface area contributed by atoms with Crippen LogP contribution in [0.5, 0.6) is 0 Å². The number of hydrogen-bond donors (Lipinski definition) is 1. The quantitative estimate of drug-likeness (QED) is 0.802. The van der Waals surface area contributed by atoms with E-state index in [4.69, 9.17) is 10.5 Å². The van der Waals surface area contributed by atoms with Crippen LogP contribution in [-0.2, 0) is 11.3 Å². The number of nitrogens with two attached hydrogens (primary N) is 1. The Morgan fingerprint density at radius 3 is 2.40 bits per heavy atom. The first-order valence-electron chi connectivity index (χ1n) is 5.13. The van der Waals surface area contributed by atoms with Crippen molar-refractivity contribution in [2.75, 3.05) is 6.54 Å². The van der Waals surface area contributed by atoms with Gasteiger partial charge in [0.1, 0.15) is 0 Å². The zero-order valence-electron chi connectivity index (χ0n) is 9.49. The minimum absolute atomic E-state index is 0.253. The predicted octanol–water partition coefficient (Wildman–Crippen LogP) is 2.58. The smallest absolute Gasteiger partial charge is 0.0752 e. The maximum atomic E-state index is 5.69. The zero-order chi connectivity index (χ0) is 11.3. The Hall–Kier alpha value is -1.12. The van der Waals surface area contributed by atoms with Gasteiger partial charge >= 0.3 is 0 Å². The van der Waals surface area contributed by atoms with Gasteiger partial charge in [0.2, 0.25) is 0 Å². The van der Waals surface area contributed by atoms with E-state index in [1.54, 1.807) is 0 Å². The maximum Gasteiger partial charge on any atom is 0.0752 e. The van der Waals surface area contributed by atoms with E-state index < -0.39 is 0 Å². The van der Waals surface area contributed by atoms with E-state index in [2.05, 4.69) is 6.58 Å². The molecule has 0 spiro atoms. The summed E-state index contributed by atoms with van der Waals surface area (Å²) in [6.07, 6.45) is 1.83. The van der Waals surface area contributed by atoms with Crippen molar-refractivity contribution in [2.24, 2.45) is 5.73 Å². The molecule has 0 aromatic heterocycles. The molecule has 2 N–H and O–H groups in total. The van der Waals surface area contributed by atoms with E-state index >= 15 is 0 Å². The van der Waals surface area contributed by atoms with Crippen LogP contribution in [0.3, 0.4) is 0 Å². The summed E-state index contributed by atoms with van der Waals surface area (Å²) in [4.78, 5) is 0. The second-order valence-electron chi connectivity index (χ2n) is 4.20. The summed E-state index contributed by atoms with van der Waals surface area (Å²) in [5.41, 5.74) is 7.60. The van der Waals surface area contributed by atoms with Gasteiger partial charge in [0, 0.05) is 6.54 Å². The summed E-state index contributed by atoms with van der Waals surface area (Å²) in [6, 6.07) is 8.15. The Balaban J connectivity index is 2.54. The fourth-order valence-corrected chi connectivity index (χ4v) is 1.09. The lowest BCUT2D eigenvalue weighted by molar-refractivity contribution is -0.0221. The topological polar surface area (TPSA) is 35.2 Å². The molecule has 0 aliphatic rings. The van der Waals surface area contributed by atoms with Crippen LogP contribution in [-0.4, -0.2) is 12.1 Å². The van der Waals surface area contributed by atoms with Gasteiger partial charge in [-0.05, 0) is 25.0 Å². The number of ether oxygens (including phenoxy) is 1. The minimum Gasteiger partial charge on any atom is -0.370 e. The first-order chi connectivity index (χ1) is 7.07. The second kappa shape index (κ2) is 5.10. The molecule has 1 rings (SSSR count). The van der Waals surface area contributed by atoms with Crippen molar-refractivity contribution < 1.29 is 4.74 Å². The lowest BCUT2D eigenvalue weighted by Crippen LogP contribution is -2.33. The highest BCUT2D eigenvalue weighted by molar-refractivity contribution is 5.47. The Morgan fingerprint density at radius 2 is 1.93 bits per heavy atom. The van der Waals surface area contributed by atoms with Crippen molar-refractivity contribution in [1.29, 1.82) is 0 Å². The molecule has 0 saturated heterocycles. The van der Waals surface area contributed by atoms with E-state index in [0.29, 0.717) is 13.2 Å². The average molecular weight is 205 g/mol. The van der Waals surface area contributed by atoms with Crippen molar-refractivity contribution in [2.45, 2.75) is 26.1 Å². The molecule has 2 nitrogen and oxygen atoms in total. The van der Waals surface area contributed by atoms with E-state index in [1.807, 2.05) is 44.2 Å². The lowest BCUT2D eigenvalue weighted by atomic mass is 10.1. The standard InChI is InChI=1S/C13H19NO/c1-4-11-5-7-12(8-6-11)9-15-13(2,3)10-14/h4-8H,1,9-10,14H2,2-3H3. The van der Waals surface area contributed by atoms with Gasteiger partial charge in [-0.3, -0.25) is 0 Å². The number of benzene rings is 1. The van der Waals surface area contributed by atoms with Gasteiger partial charge in [-0.15, -0.1) is 0 Å². The molecule has 2 heteroatoms. The van der Waals surface area contributed by atoms with Crippen molar-refractivity contribution in [1.82, 2.24) is 0 Å². The van der Waals surface area contributed by atoms with Gasteiger partial charge in [0.15, 0.2) is 0 Å². The molecule has 0 unspecified atom stereocenters. The fraction of sp³-hybridized carbons (Fsp3) is 0.385. The summed E-state index contributed by atoms with van der Waals surface area (Å²) in [5, 5.41) is 0. The summed E-state index contributed by atoms with van der Waals surface area (Å²) < 4.78 is 5.69. The zero-order valence-corrected chi connectivity index (χ0v) is 9.49. The van der Waals surface area contributed by atoms with Gasteiger partial charge in [0.25, 0.3) is 0 Å². The van der Waals surface area contributed by atoms with Crippen LogP contribution >= 0.6 is 0 Å². The number of hydrogen-bond acceptors (Lipinski definition) is 2. The second-order valence-corrected chi connectivity index (χ2v) is 4.20. The first kappa shape index (κ1) is 12.0. The summed E-state index contributed by atoms with van der Waals surface area (Å²) in [5.74, 6) is 0. The largest absolute Gasteiger partial charge is 0.370 e. The van der Waals surface area contributed by atoms with Crippen molar-refractivity contribution in [3.63, 3.8) is 0 Å². The van der Waals surface area contributed by atoms with Gasteiger partial charge in [-0.1, -0.05) is 36.9 Å². The maximum absolute atomic E-state index is 5.69. The molecule has 0 aliphatic carbocycles. The fourth-order valence-electron chi connectivity index (χ4n) is 1.09. The normalized spacial score (nSPS) is 11.4. The number of rotatable bonds is 5. The third-order valence-electron chi connectivity index (χ3n) is 2.34. The molecule has 1 aromatic rings. The van der Waals surface area contributed by atoms with Crippen LogP contribution in [0, 0.1) is 0 Å². The molecule has 0 saturated carbocycles. The predicted molar refractivity (Wildman–Crippen MR) is 64.5 cm³/mol. The van der Waals surface area contributed by atoms with E-state index in [1.165, 1.54) is 0 Å². The molecule has 0 amide bonds. The van der Waals surface area contributed by atoms with Crippen molar-refractivity contribution in [3.8, 4) is 0 Å². The minimum atomic E-state index is -0.253. The lowest BCUT2D eigenvalue weighted by Gasteiger charge is -2.23. The highest BCUT2D eigenvalue weighted by Crippen LogP contribution is 2.12. The van der Waals surface area contributed by atoms with Crippen LogP contribution in [0.15, 0.2) is 30.8 Å². The van der Waals surface area contributed by atoms with Crippen molar-refractivity contribution in [3.05, 3.63) is 42.0 Å². The van der Waals surface area contributed by atoms with Gasteiger partial charge < -0.3 is 10.5 Å². The molecule has 0 heterocycles. The Kier molecular flexibility index (Phi) is 4.06. The molecule has 0 atom stereocenters. The molecule has 0 radical (unpaired) electrons. The molecular formula is C13H19NO. The third-order valence-corrected chi connectivity index (χ3v) is 2.34. The molecule has 0 aliphatic heterocycles. The Labute approximate surface area is 91.7 Å². The van der Waals surface area contributed by atoms with Gasteiger partial charge in [0.05, 0.1) is 12.2 Å². The molecule has 0 fully saturated rings. The van der Waals surface area contributed by atoms with Gasteiger partial charge in [-0.2, -0.15) is 0 Å². The van der Waals surface area contributed by atoms with Crippen LogP contribution in [0.1, 0.15) is 25.0 Å². The van der Waals surface area contributed by atoms with E-state index in [9.17, 15) is 0 Å². The van der Waals surface area contributed by atoms with Crippen LogP contribution < -0.4 is 5.73 Å². The highest BCUT2D eigenvalue weighted by Gasteiger charge is 2.15. The van der Waals surface area contributed by atoms with Crippen LogP contribution in [0.4, 0.5) is 0 Å². The van der Waals surface area contributed by atoms with Crippen molar-refractivity contribution >= 4 is 6.08 Å². The molecule has 15 heavy (non-hydrogen) atoms. The van der Waals surface area contributed by atoms with E-state index in [-0.39, 0.29) is 5.60 Å². The molecule has 0 bridgehead atoms. The highest BCUT2D eigenvalue weighted by atomic mass is 16.5. The molecule has 82 valence electrons. The van der Waals surface area contributed by atoms with Crippen LogP contribution in [0.2, 0.25) is 0 Å². The van der Waals surface area contributed by atoms with Gasteiger partial charge in [-0.25, -0.2) is 0 Å².